The summed E-state index contributed by atoms with van der Waals surface area (Å²) in [6.07, 6.45) is 0.855. The van der Waals surface area contributed by atoms with E-state index in [1.165, 1.54) is 6.92 Å². The van der Waals surface area contributed by atoms with Crippen molar-refractivity contribution >= 4 is 17.6 Å². The van der Waals surface area contributed by atoms with E-state index in [2.05, 4.69) is 5.32 Å². The minimum atomic E-state index is -0.834. The normalized spacial score (nSPS) is 15.2. The van der Waals surface area contributed by atoms with Gasteiger partial charge in [0.15, 0.2) is 6.10 Å². The number of amides is 1. The molecule has 0 saturated heterocycles. The lowest BCUT2D eigenvalue weighted by Crippen LogP contribution is -2.30. The summed E-state index contributed by atoms with van der Waals surface area (Å²) >= 11 is 0. The molecule has 98 valence electrons. The van der Waals surface area contributed by atoms with Gasteiger partial charge >= 0.3 is 5.97 Å². The molecular weight excluding hydrogens is 244 g/mol. The molecule has 0 spiro atoms. The van der Waals surface area contributed by atoms with Crippen LogP contribution >= 0.6 is 0 Å². The van der Waals surface area contributed by atoms with E-state index in [-0.39, 0.29) is 11.9 Å². The van der Waals surface area contributed by atoms with Gasteiger partial charge in [-0.1, -0.05) is 6.07 Å². The van der Waals surface area contributed by atoms with Gasteiger partial charge in [0.25, 0.3) is 5.91 Å². The van der Waals surface area contributed by atoms with Crippen molar-refractivity contribution < 1.29 is 14.3 Å². The van der Waals surface area contributed by atoms with Gasteiger partial charge in [-0.25, -0.2) is 0 Å². The summed E-state index contributed by atoms with van der Waals surface area (Å²) in [7, 11) is 0. The van der Waals surface area contributed by atoms with Crippen LogP contribution in [0.3, 0.4) is 0 Å². The number of anilines is 1. The number of benzene rings is 1. The monoisotopic (exact) mass is 258 g/mol. The zero-order valence-corrected chi connectivity index (χ0v) is 10.6. The Morgan fingerprint density at radius 2 is 2.21 bits per heavy atom. The summed E-state index contributed by atoms with van der Waals surface area (Å²) in [6.45, 7) is 1.53. The lowest BCUT2D eigenvalue weighted by Gasteiger charge is -2.13. The minimum Gasteiger partial charge on any atom is -0.452 e. The first-order chi connectivity index (χ1) is 9.10. The largest absolute Gasteiger partial charge is 0.452 e. The number of carbonyl (C=O) groups is 2. The molecule has 1 aromatic carbocycles. The van der Waals surface area contributed by atoms with E-state index in [9.17, 15) is 9.59 Å². The molecule has 1 aromatic rings. The Balaban J connectivity index is 1.92. The predicted molar refractivity (Wildman–Crippen MR) is 68.1 cm³/mol. The van der Waals surface area contributed by atoms with E-state index in [0.717, 1.165) is 12.8 Å². The van der Waals surface area contributed by atoms with Crippen molar-refractivity contribution in [1.29, 1.82) is 5.26 Å². The van der Waals surface area contributed by atoms with Crippen molar-refractivity contribution in [3.05, 3.63) is 29.8 Å². The van der Waals surface area contributed by atoms with Crippen molar-refractivity contribution in [1.82, 2.24) is 0 Å². The first-order valence-corrected chi connectivity index (χ1v) is 6.11. The molecule has 0 aliphatic heterocycles. The van der Waals surface area contributed by atoms with Gasteiger partial charge in [0.05, 0.1) is 17.6 Å². The maximum Gasteiger partial charge on any atom is 0.309 e. The zero-order chi connectivity index (χ0) is 13.8. The third-order valence-corrected chi connectivity index (χ3v) is 2.83. The number of hydrogen-bond donors (Lipinski definition) is 1. The maximum atomic E-state index is 11.8. The van der Waals surface area contributed by atoms with E-state index in [1.807, 2.05) is 6.07 Å². The van der Waals surface area contributed by atoms with Gasteiger partial charge in [-0.05, 0) is 38.0 Å². The van der Waals surface area contributed by atoms with E-state index in [4.69, 9.17) is 10.00 Å². The summed E-state index contributed by atoms with van der Waals surface area (Å²) in [5, 5.41) is 11.4. The van der Waals surface area contributed by atoms with Gasteiger partial charge < -0.3 is 10.1 Å². The number of rotatable bonds is 4. The fraction of sp³-hybridized carbons (Fsp3) is 0.357. The minimum absolute atomic E-state index is 0.0304. The van der Waals surface area contributed by atoms with Crippen LogP contribution < -0.4 is 5.32 Å². The van der Waals surface area contributed by atoms with Crippen LogP contribution in [0.15, 0.2) is 24.3 Å². The second-order valence-corrected chi connectivity index (χ2v) is 4.54. The van der Waals surface area contributed by atoms with Gasteiger partial charge in [-0.3, -0.25) is 9.59 Å². The molecule has 0 radical (unpaired) electrons. The van der Waals surface area contributed by atoms with Crippen molar-refractivity contribution in [3.63, 3.8) is 0 Å². The fourth-order valence-corrected chi connectivity index (χ4v) is 1.55. The Morgan fingerprint density at radius 1 is 1.47 bits per heavy atom. The molecule has 19 heavy (non-hydrogen) atoms. The van der Waals surface area contributed by atoms with Crippen LogP contribution in [0.1, 0.15) is 25.3 Å². The van der Waals surface area contributed by atoms with E-state index in [0.29, 0.717) is 11.3 Å². The molecule has 1 aliphatic rings. The average Bonchev–Trinajstić information content (AvgIpc) is 3.23. The average molecular weight is 258 g/mol. The lowest BCUT2D eigenvalue weighted by molar-refractivity contribution is -0.154. The molecule has 2 rings (SSSR count). The molecule has 1 fully saturated rings. The Morgan fingerprint density at radius 3 is 2.84 bits per heavy atom. The third-order valence-electron chi connectivity index (χ3n) is 2.83. The van der Waals surface area contributed by atoms with E-state index < -0.39 is 12.0 Å². The summed E-state index contributed by atoms with van der Waals surface area (Å²) in [6, 6.07) is 8.55. The first-order valence-electron chi connectivity index (χ1n) is 6.11. The number of carbonyl (C=O) groups excluding carboxylic acids is 2. The molecule has 0 aromatic heterocycles. The summed E-state index contributed by atoms with van der Waals surface area (Å²) in [5.41, 5.74) is 0.971. The van der Waals surface area contributed by atoms with E-state index >= 15 is 0 Å². The Labute approximate surface area is 111 Å². The van der Waals surface area contributed by atoms with Gasteiger partial charge in [0.1, 0.15) is 0 Å². The van der Waals surface area contributed by atoms with Gasteiger partial charge in [0.2, 0.25) is 0 Å². The van der Waals surface area contributed by atoms with Crippen LogP contribution in [0.25, 0.3) is 0 Å². The maximum absolute atomic E-state index is 11.8. The van der Waals surface area contributed by atoms with Crippen LogP contribution in [-0.4, -0.2) is 18.0 Å². The van der Waals surface area contributed by atoms with Gasteiger partial charge in [0, 0.05) is 5.69 Å². The van der Waals surface area contributed by atoms with Gasteiger partial charge in [-0.2, -0.15) is 5.26 Å². The van der Waals surface area contributed by atoms with Crippen LogP contribution in [0, 0.1) is 17.2 Å². The molecule has 5 nitrogen and oxygen atoms in total. The Kier molecular flexibility index (Phi) is 3.81. The Bertz CT molecular complexity index is 544. The molecule has 0 unspecified atom stereocenters. The highest BCUT2D eigenvalue weighted by Gasteiger charge is 2.33. The number of nitriles is 1. The summed E-state index contributed by atoms with van der Waals surface area (Å²) in [5.74, 6) is -0.741. The molecule has 1 amide bonds. The van der Waals surface area contributed by atoms with Crippen LogP contribution in [0.4, 0.5) is 5.69 Å². The van der Waals surface area contributed by atoms with E-state index in [1.54, 1.807) is 24.3 Å². The quantitative estimate of drug-likeness (QED) is 0.836. The number of esters is 1. The molecule has 1 saturated carbocycles. The molecule has 1 aliphatic carbocycles. The molecule has 0 bridgehead atoms. The summed E-state index contributed by atoms with van der Waals surface area (Å²) in [4.78, 5) is 23.2. The fourth-order valence-electron chi connectivity index (χ4n) is 1.55. The smallest absolute Gasteiger partial charge is 0.309 e. The third kappa shape index (κ3) is 3.55. The number of ether oxygens (including phenoxy) is 1. The molecule has 1 N–H and O–H groups in total. The standard InChI is InChI=1S/C14H14N2O3/c1-9(19-14(18)11-5-6-11)13(17)16-12-4-2-3-10(7-12)8-15/h2-4,7,9,11H,5-6H2,1H3,(H,16,17)/t9-/m1/s1. The highest BCUT2D eigenvalue weighted by atomic mass is 16.5. The number of hydrogen-bond acceptors (Lipinski definition) is 4. The Hall–Kier alpha value is -2.35. The predicted octanol–water partition coefficient (Wildman–Crippen LogP) is 1.84. The molecular formula is C14H14N2O3. The van der Waals surface area contributed by atoms with Crippen molar-refractivity contribution in [3.8, 4) is 6.07 Å². The number of nitrogens with zero attached hydrogens (tertiary/aromatic N) is 1. The van der Waals surface area contributed by atoms with Crippen LogP contribution in [0.5, 0.6) is 0 Å². The summed E-state index contributed by atoms with van der Waals surface area (Å²) < 4.78 is 5.05. The highest BCUT2D eigenvalue weighted by molar-refractivity contribution is 5.95. The van der Waals surface area contributed by atoms with Crippen molar-refractivity contribution in [2.75, 3.05) is 5.32 Å². The highest BCUT2D eigenvalue weighted by Crippen LogP contribution is 2.30. The van der Waals surface area contributed by atoms with Crippen molar-refractivity contribution in [2.45, 2.75) is 25.9 Å². The molecule has 0 heterocycles. The van der Waals surface area contributed by atoms with Crippen molar-refractivity contribution in [2.24, 2.45) is 5.92 Å². The zero-order valence-electron chi connectivity index (χ0n) is 10.6. The molecule has 1 atom stereocenters. The van der Waals surface area contributed by atoms with Gasteiger partial charge in [-0.15, -0.1) is 0 Å². The van der Waals surface area contributed by atoms with Crippen LogP contribution in [-0.2, 0) is 14.3 Å². The second-order valence-electron chi connectivity index (χ2n) is 4.54. The van der Waals surface area contributed by atoms with Crippen LogP contribution in [0.2, 0.25) is 0 Å². The second kappa shape index (κ2) is 5.53. The first kappa shape index (κ1) is 13.1. The molecule has 5 heteroatoms. The SMILES string of the molecule is C[C@@H](OC(=O)C1CC1)C(=O)Nc1cccc(C#N)c1. The lowest BCUT2D eigenvalue weighted by atomic mass is 10.2. The topological polar surface area (TPSA) is 79.2 Å². The number of nitrogens with one attached hydrogen (secondary N) is 1.